The van der Waals surface area contributed by atoms with Gasteiger partial charge in [0.25, 0.3) is 0 Å². The van der Waals surface area contributed by atoms with Gasteiger partial charge in [-0.3, -0.25) is 0 Å². The molecule has 0 aromatic carbocycles. The van der Waals surface area contributed by atoms with Crippen molar-refractivity contribution in [3.05, 3.63) is 17.5 Å². The number of nitrogens with two attached hydrogens (primary N) is 1. The predicted molar refractivity (Wildman–Crippen MR) is 47.4 cm³/mol. The normalized spacial score (nSPS) is 11.3. The number of aromatic hydroxyl groups is 1. The van der Waals surface area contributed by atoms with Crippen LogP contribution < -0.4 is 10.5 Å². The number of carboxylic acid groups (broad SMARTS) is 1. The molecule has 0 saturated carbocycles. The Kier molecular flexibility index (Phi) is 3.42. The quantitative estimate of drug-likeness (QED) is 0.736. The second-order valence-corrected chi connectivity index (χ2v) is 2.86. The van der Waals surface area contributed by atoms with Crippen molar-refractivity contribution in [3.63, 3.8) is 0 Å². The Morgan fingerprint density at radius 3 is 2.53 bits per heavy atom. The molecule has 0 saturated heterocycles. The first kappa shape index (κ1) is 13.0. The monoisotopic (exact) mass is 252 g/mol. The van der Waals surface area contributed by atoms with Crippen LogP contribution in [-0.2, 0) is 6.54 Å². The van der Waals surface area contributed by atoms with Gasteiger partial charge in [-0.15, -0.1) is 13.2 Å². The van der Waals surface area contributed by atoms with Crippen LogP contribution in [0.5, 0.6) is 11.5 Å². The van der Waals surface area contributed by atoms with Crippen molar-refractivity contribution in [2.24, 2.45) is 5.73 Å². The summed E-state index contributed by atoms with van der Waals surface area (Å²) < 4.78 is 39.4. The van der Waals surface area contributed by atoms with E-state index in [1.807, 2.05) is 0 Å². The highest BCUT2D eigenvalue weighted by Crippen LogP contribution is 2.30. The van der Waals surface area contributed by atoms with Crippen LogP contribution in [0, 0.1) is 0 Å². The molecule has 17 heavy (non-hydrogen) atoms. The fourth-order valence-corrected chi connectivity index (χ4v) is 1.04. The van der Waals surface area contributed by atoms with Gasteiger partial charge in [-0.2, -0.15) is 0 Å². The summed E-state index contributed by atoms with van der Waals surface area (Å²) in [6, 6.07) is 0.506. The van der Waals surface area contributed by atoms with Gasteiger partial charge in [-0.1, -0.05) is 0 Å². The van der Waals surface area contributed by atoms with Gasteiger partial charge >= 0.3 is 12.3 Å². The molecule has 0 bridgehead atoms. The van der Waals surface area contributed by atoms with E-state index in [9.17, 15) is 18.0 Å². The number of aromatic carboxylic acids is 1. The van der Waals surface area contributed by atoms with Crippen LogP contribution in [0.4, 0.5) is 13.2 Å². The number of aromatic nitrogens is 1. The number of nitrogens with zero attached hydrogens (tertiary/aromatic N) is 1. The fraction of sp³-hybridized carbons (Fsp3) is 0.250. The van der Waals surface area contributed by atoms with Crippen molar-refractivity contribution in [1.29, 1.82) is 0 Å². The Morgan fingerprint density at radius 1 is 1.53 bits per heavy atom. The molecule has 0 unspecified atom stereocenters. The molecular weight excluding hydrogens is 245 g/mol. The number of ether oxygens (including phenoxy) is 1. The summed E-state index contributed by atoms with van der Waals surface area (Å²) >= 11 is 0. The molecule has 9 heteroatoms. The average Bonchev–Trinajstić information content (AvgIpc) is 2.14. The minimum absolute atomic E-state index is 0.419. The van der Waals surface area contributed by atoms with Crippen LogP contribution in [0.15, 0.2) is 6.07 Å². The molecule has 0 aliphatic heterocycles. The van der Waals surface area contributed by atoms with Crippen molar-refractivity contribution >= 4 is 5.97 Å². The highest BCUT2D eigenvalue weighted by atomic mass is 19.4. The van der Waals surface area contributed by atoms with Crippen LogP contribution in [0.1, 0.15) is 16.2 Å². The summed E-state index contributed by atoms with van der Waals surface area (Å²) in [5, 5.41) is 17.7. The molecule has 0 aliphatic rings. The Labute approximate surface area is 92.4 Å². The molecule has 1 aromatic rings. The first-order valence-electron chi connectivity index (χ1n) is 4.16. The van der Waals surface area contributed by atoms with E-state index in [0.29, 0.717) is 6.07 Å². The van der Waals surface area contributed by atoms with Crippen LogP contribution in [0.3, 0.4) is 0 Å². The Hall–Kier alpha value is -2.03. The number of hydrogen-bond donors (Lipinski definition) is 3. The lowest BCUT2D eigenvalue weighted by atomic mass is 10.2. The van der Waals surface area contributed by atoms with Crippen molar-refractivity contribution in [1.82, 2.24) is 4.98 Å². The maximum absolute atomic E-state index is 12.0. The van der Waals surface area contributed by atoms with E-state index >= 15 is 0 Å². The third-order valence-corrected chi connectivity index (χ3v) is 1.66. The second kappa shape index (κ2) is 4.45. The third-order valence-electron chi connectivity index (χ3n) is 1.66. The van der Waals surface area contributed by atoms with E-state index in [2.05, 4.69) is 9.72 Å². The predicted octanol–water partition coefficient (Wildman–Crippen LogP) is 0.843. The number of carboxylic acids is 1. The van der Waals surface area contributed by atoms with Crippen LogP contribution in [-0.4, -0.2) is 27.5 Å². The minimum atomic E-state index is -4.98. The summed E-state index contributed by atoms with van der Waals surface area (Å²) in [7, 11) is 0. The molecule has 0 atom stereocenters. The highest BCUT2D eigenvalue weighted by molar-refractivity contribution is 5.88. The van der Waals surface area contributed by atoms with E-state index in [-0.39, 0.29) is 0 Å². The molecule has 6 nitrogen and oxygen atoms in total. The summed E-state index contributed by atoms with van der Waals surface area (Å²) in [6.07, 6.45) is -4.98. The minimum Gasteiger partial charge on any atom is -0.505 e. The smallest absolute Gasteiger partial charge is 0.505 e. The number of carbonyl (C=O) groups is 1. The molecule has 0 spiro atoms. The summed E-state index contributed by atoms with van der Waals surface area (Å²) in [6.45, 7) is -0.466. The van der Waals surface area contributed by atoms with Gasteiger partial charge in [-0.05, 0) is 0 Å². The molecule has 1 rings (SSSR count). The Balaban J connectivity index is 3.24. The standard InChI is InChI=1S/C8H7F3N2O4/c9-8(10,11)17-5-1-4(14)6(7(15)16)13-3(5)2-12/h1,14H,2,12H2,(H,15,16). The first-order valence-corrected chi connectivity index (χ1v) is 4.16. The SMILES string of the molecule is NCc1nc(C(=O)O)c(O)cc1OC(F)(F)F. The van der Waals surface area contributed by atoms with Crippen LogP contribution in [0.25, 0.3) is 0 Å². The zero-order chi connectivity index (χ0) is 13.2. The van der Waals surface area contributed by atoms with E-state index in [1.165, 1.54) is 0 Å². The van der Waals surface area contributed by atoms with Crippen molar-refractivity contribution in [2.45, 2.75) is 12.9 Å². The lowest BCUT2D eigenvalue weighted by Gasteiger charge is -2.12. The summed E-state index contributed by atoms with van der Waals surface area (Å²) in [5.41, 5.74) is 3.89. The molecular formula is C8H7F3N2O4. The number of halogens is 3. The first-order chi connectivity index (χ1) is 7.74. The molecule has 0 fully saturated rings. The molecule has 94 valence electrons. The van der Waals surface area contributed by atoms with Gasteiger partial charge in [0.2, 0.25) is 0 Å². The van der Waals surface area contributed by atoms with Crippen LogP contribution >= 0.6 is 0 Å². The van der Waals surface area contributed by atoms with Gasteiger partial charge in [0.15, 0.2) is 17.2 Å². The maximum atomic E-state index is 12.0. The number of alkyl halides is 3. The van der Waals surface area contributed by atoms with Gasteiger partial charge in [0.05, 0.1) is 5.69 Å². The molecule has 1 heterocycles. The molecule has 0 aliphatic carbocycles. The molecule has 0 radical (unpaired) electrons. The average molecular weight is 252 g/mol. The zero-order valence-electron chi connectivity index (χ0n) is 8.15. The van der Waals surface area contributed by atoms with Crippen molar-refractivity contribution < 1.29 is 32.9 Å². The summed E-state index contributed by atoms with van der Waals surface area (Å²) in [5.74, 6) is -3.35. The fourth-order valence-electron chi connectivity index (χ4n) is 1.04. The number of hydrogen-bond acceptors (Lipinski definition) is 5. The van der Waals surface area contributed by atoms with Gasteiger partial charge in [0, 0.05) is 12.6 Å². The lowest BCUT2D eigenvalue weighted by Crippen LogP contribution is -2.20. The Morgan fingerprint density at radius 2 is 2.12 bits per heavy atom. The zero-order valence-corrected chi connectivity index (χ0v) is 8.15. The lowest BCUT2D eigenvalue weighted by molar-refractivity contribution is -0.275. The van der Waals surface area contributed by atoms with Crippen molar-refractivity contribution in [2.75, 3.05) is 0 Å². The molecule has 0 amide bonds. The maximum Gasteiger partial charge on any atom is 0.573 e. The number of rotatable bonds is 3. The van der Waals surface area contributed by atoms with Crippen molar-refractivity contribution in [3.8, 4) is 11.5 Å². The molecule has 4 N–H and O–H groups in total. The highest BCUT2D eigenvalue weighted by Gasteiger charge is 2.33. The van der Waals surface area contributed by atoms with Gasteiger partial charge < -0.3 is 20.7 Å². The third kappa shape index (κ3) is 3.21. The topological polar surface area (TPSA) is 106 Å². The molecule has 1 aromatic heterocycles. The summed E-state index contributed by atoms with van der Waals surface area (Å²) in [4.78, 5) is 13.8. The number of pyridine rings is 1. The van der Waals surface area contributed by atoms with E-state index < -0.39 is 41.8 Å². The van der Waals surface area contributed by atoms with E-state index in [4.69, 9.17) is 15.9 Å². The largest absolute Gasteiger partial charge is 0.573 e. The van der Waals surface area contributed by atoms with Gasteiger partial charge in [0.1, 0.15) is 0 Å². The van der Waals surface area contributed by atoms with E-state index in [0.717, 1.165) is 0 Å². The van der Waals surface area contributed by atoms with Gasteiger partial charge in [-0.25, -0.2) is 9.78 Å². The second-order valence-electron chi connectivity index (χ2n) is 2.86. The van der Waals surface area contributed by atoms with Crippen LogP contribution in [0.2, 0.25) is 0 Å². The van der Waals surface area contributed by atoms with E-state index in [1.54, 1.807) is 0 Å². The Bertz CT molecular complexity index is 447.